The van der Waals surface area contributed by atoms with Gasteiger partial charge in [-0.2, -0.15) is 0 Å². The van der Waals surface area contributed by atoms with Gasteiger partial charge >= 0.3 is 0 Å². The Morgan fingerprint density at radius 1 is 0.778 bits per heavy atom. The van der Waals surface area contributed by atoms with Crippen molar-refractivity contribution in [1.29, 1.82) is 0 Å². The lowest BCUT2D eigenvalue weighted by Gasteiger charge is -2.25. The highest BCUT2D eigenvalue weighted by Gasteiger charge is 2.28. The number of rotatable bonds is 1. The number of hydrogen-bond donors (Lipinski definition) is 1. The van der Waals surface area contributed by atoms with Gasteiger partial charge < -0.3 is 5.11 Å². The maximum atomic E-state index is 11.2. The van der Waals surface area contributed by atoms with Crippen LogP contribution in [0.1, 0.15) is 11.8 Å². The third-order valence-corrected chi connectivity index (χ3v) is 5.50. The standard InChI is InChI=1S/C24H16N2O/c27-24-19-11-5-9-16-8-4-10-18(22(16)19)23-25-20-13-12-17(14-21(20)26(23)24)15-6-2-1-3-7-15/h1-14,24,27H. The molecule has 0 saturated heterocycles. The molecule has 1 aliphatic rings. The molecule has 0 radical (unpaired) electrons. The van der Waals surface area contributed by atoms with Crippen LogP contribution in [0.2, 0.25) is 0 Å². The maximum Gasteiger partial charge on any atom is 0.159 e. The van der Waals surface area contributed by atoms with Crippen LogP contribution in [0.5, 0.6) is 0 Å². The van der Waals surface area contributed by atoms with E-state index in [1.807, 2.05) is 41.0 Å². The van der Waals surface area contributed by atoms with Gasteiger partial charge in [-0.1, -0.05) is 72.8 Å². The molecule has 0 amide bonds. The molecule has 4 aromatic carbocycles. The van der Waals surface area contributed by atoms with Crippen LogP contribution in [0, 0.1) is 0 Å². The van der Waals surface area contributed by atoms with Crippen LogP contribution < -0.4 is 0 Å². The molecule has 3 nitrogen and oxygen atoms in total. The Labute approximate surface area is 156 Å². The van der Waals surface area contributed by atoms with Crippen LogP contribution in [0.25, 0.3) is 44.3 Å². The smallest absolute Gasteiger partial charge is 0.159 e. The topological polar surface area (TPSA) is 38.1 Å². The van der Waals surface area contributed by atoms with Crippen molar-refractivity contribution in [3.8, 4) is 22.5 Å². The minimum atomic E-state index is -0.741. The van der Waals surface area contributed by atoms with Crippen molar-refractivity contribution in [3.63, 3.8) is 0 Å². The summed E-state index contributed by atoms with van der Waals surface area (Å²) in [6, 6.07) is 28.9. The normalized spacial score (nSPS) is 15.2. The first-order chi connectivity index (χ1) is 13.3. The molecule has 1 N–H and O–H groups in total. The first-order valence-corrected chi connectivity index (χ1v) is 9.09. The zero-order valence-electron chi connectivity index (χ0n) is 14.5. The number of benzene rings is 4. The summed E-state index contributed by atoms with van der Waals surface area (Å²) in [6.07, 6.45) is -0.741. The summed E-state index contributed by atoms with van der Waals surface area (Å²) < 4.78 is 1.96. The van der Waals surface area contributed by atoms with Gasteiger partial charge in [-0.15, -0.1) is 0 Å². The number of aromatic nitrogens is 2. The third-order valence-electron chi connectivity index (χ3n) is 5.50. The van der Waals surface area contributed by atoms with Gasteiger partial charge in [-0.05, 0) is 28.6 Å². The summed E-state index contributed by atoms with van der Waals surface area (Å²) in [5.74, 6) is 0.826. The molecule has 2 heterocycles. The summed E-state index contributed by atoms with van der Waals surface area (Å²) >= 11 is 0. The molecular formula is C24H16N2O. The van der Waals surface area contributed by atoms with Crippen LogP contribution in [0.3, 0.4) is 0 Å². The molecule has 3 heteroatoms. The second-order valence-electron chi connectivity index (χ2n) is 7.00. The molecular weight excluding hydrogens is 332 g/mol. The zero-order valence-corrected chi connectivity index (χ0v) is 14.5. The number of aliphatic hydroxyl groups is 1. The first-order valence-electron chi connectivity index (χ1n) is 9.09. The van der Waals surface area contributed by atoms with E-state index in [4.69, 9.17) is 4.98 Å². The van der Waals surface area contributed by atoms with E-state index < -0.39 is 6.23 Å². The second kappa shape index (κ2) is 5.29. The van der Waals surface area contributed by atoms with Gasteiger partial charge in [0.25, 0.3) is 0 Å². The van der Waals surface area contributed by atoms with Gasteiger partial charge in [-0.3, -0.25) is 4.57 Å². The number of aliphatic hydroxyl groups excluding tert-OH is 1. The number of hydrogen-bond acceptors (Lipinski definition) is 2. The molecule has 0 aliphatic carbocycles. The van der Waals surface area contributed by atoms with E-state index in [-0.39, 0.29) is 0 Å². The van der Waals surface area contributed by atoms with Crippen LogP contribution in [-0.2, 0) is 0 Å². The van der Waals surface area contributed by atoms with Crippen molar-refractivity contribution >= 4 is 21.8 Å². The van der Waals surface area contributed by atoms with Gasteiger partial charge in [0.2, 0.25) is 0 Å². The first kappa shape index (κ1) is 14.7. The van der Waals surface area contributed by atoms with Gasteiger partial charge in [0.05, 0.1) is 11.0 Å². The van der Waals surface area contributed by atoms with Crippen LogP contribution in [-0.4, -0.2) is 14.7 Å². The van der Waals surface area contributed by atoms with Crippen molar-refractivity contribution in [1.82, 2.24) is 9.55 Å². The highest BCUT2D eigenvalue weighted by molar-refractivity contribution is 6.01. The number of fused-ring (bicyclic) bond motifs is 4. The van der Waals surface area contributed by atoms with E-state index in [0.29, 0.717) is 0 Å². The minimum Gasteiger partial charge on any atom is -0.369 e. The molecule has 1 aliphatic heterocycles. The lowest BCUT2D eigenvalue weighted by Crippen LogP contribution is -2.16. The van der Waals surface area contributed by atoms with Gasteiger partial charge in [0, 0.05) is 16.5 Å². The lowest BCUT2D eigenvalue weighted by atomic mass is 9.95. The van der Waals surface area contributed by atoms with Crippen molar-refractivity contribution in [3.05, 3.63) is 90.5 Å². The van der Waals surface area contributed by atoms with Crippen molar-refractivity contribution in [2.24, 2.45) is 0 Å². The Bertz CT molecular complexity index is 1330. The zero-order chi connectivity index (χ0) is 18.0. The molecule has 1 atom stereocenters. The fraction of sp³-hybridized carbons (Fsp3) is 0.0417. The Kier molecular flexibility index (Phi) is 2.88. The fourth-order valence-corrected chi connectivity index (χ4v) is 4.25. The SMILES string of the molecule is OC1c2cccc3cccc(c23)-c2nc3ccc(-c4ccccc4)cc3n21. The third kappa shape index (κ3) is 1.97. The van der Waals surface area contributed by atoms with E-state index in [2.05, 4.69) is 48.5 Å². The monoisotopic (exact) mass is 348 g/mol. The van der Waals surface area contributed by atoms with E-state index in [9.17, 15) is 5.11 Å². The quantitative estimate of drug-likeness (QED) is 0.442. The Morgan fingerprint density at radius 3 is 2.44 bits per heavy atom. The van der Waals surface area contributed by atoms with Crippen molar-refractivity contribution in [2.75, 3.05) is 0 Å². The van der Waals surface area contributed by atoms with E-state index in [1.165, 1.54) is 0 Å². The average Bonchev–Trinajstić information content (AvgIpc) is 3.11. The van der Waals surface area contributed by atoms with Crippen LogP contribution >= 0.6 is 0 Å². The second-order valence-corrected chi connectivity index (χ2v) is 7.00. The summed E-state index contributed by atoms with van der Waals surface area (Å²) in [7, 11) is 0. The highest BCUT2D eigenvalue weighted by atomic mass is 16.3. The summed E-state index contributed by atoms with van der Waals surface area (Å²) in [4.78, 5) is 4.87. The van der Waals surface area contributed by atoms with E-state index in [1.54, 1.807) is 0 Å². The summed E-state index contributed by atoms with van der Waals surface area (Å²) in [5.41, 5.74) is 6.13. The minimum absolute atomic E-state index is 0.741. The molecule has 128 valence electrons. The summed E-state index contributed by atoms with van der Waals surface area (Å²) in [5, 5.41) is 13.4. The molecule has 1 unspecified atom stereocenters. The predicted octanol–water partition coefficient (Wildman–Crippen LogP) is 5.38. The van der Waals surface area contributed by atoms with Gasteiger partial charge in [-0.25, -0.2) is 4.98 Å². The largest absolute Gasteiger partial charge is 0.369 e. The van der Waals surface area contributed by atoms with E-state index in [0.717, 1.165) is 49.9 Å². The molecule has 1 aromatic heterocycles. The molecule has 0 saturated carbocycles. The average molecular weight is 348 g/mol. The van der Waals surface area contributed by atoms with E-state index >= 15 is 0 Å². The Balaban J connectivity index is 1.68. The van der Waals surface area contributed by atoms with Crippen LogP contribution in [0.4, 0.5) is 0 Å². The molecule has 5 aromatic rings. The number of imidazole rings is 1. The molecule has 27 heavy (non-hydrogen) atoms. The van der Waals surface area contributed by atoms with Gasteiger partial charge in [0.1, 0.15) is 5.82 Å². The number of nitrogens with zero attached hydrogens (tertiary/aromatic N) is 2. The molecule has 6 rings (SSSR count). The predicted molar refractivity (Wildman–Crippen MR) is 108 cm³/mol. The van der Waals surface area contributed by atoms with Crippen LogP contribution in [0.15, 0.2) is 84.9 Å². The fourth-order valence-electron chi connectivity index (χ4n) is 4.25. The van der Waals surface area contributed by atoms with Crippen molar-refractivity contribution < 1.29 is 5.11 Å². The molecule has 0 bridgehead atoms. The molecule has 0 fully saturated rings. The Morgan fingerprint density at radius 2 is 1.59 bits per heavy atom. The van der Waals surface area contributed by atoms with Crippen molar-refractivity contribution in [2.45, 2.75) is 6.23 Å². The Hall–Kier alpha value is -3.43. The lowest BCUT2D eigenvalue weighted by molar-refractivity contribution is 0.152. The highest BCUT2D eigenvalue weighted by Crippen LogP contribution is 2.42. The van der Waals surface area contributed by atoms with Gasteiger partial charge in [0.15, 0.2) is 6.23 Å². The summed E-state index contributed by atoms with van der Waals surface area (Å²) in [6.45, 7) is 0. The maximum absolute atomic E-state index is 11.2. The molecule has 0 spiro atoms.